The fourth-order valence-corrected chi connectivity index (χ4v) is 4.88. The van der Waals surface area contributed by atoms with E-state index in [4.69, 9.17) is 16.2 Å². The molecule has 1 fully saturated rings. The fourth-order valence-electron chi connectivity index (χ4n) is 4.88. The van der Waals surface area contributed by atoms with E-state index in [2.05, 4.69) is 10.2 Å². The normalized spacial score (nSPS) is 15.4. The van der Waals surface area contributed by atoms with Crippen molar-refractivity contribution < 1.29 is 31.9 Å². The molecule has 0 aliphatic carbocycles. The number of hydrogen-bond donors (Lipinski definition) is 2. The number of primary amides is 1. The van der Waals surface area contributed by atoms with Gasteiger partial charge in [-0.2, -0.15) is 23.4 Å². The quantitative estimate of drug-likeness (QED) is 0.409. The number of amides is 2. The third-order valence-corrected chi connectivity index (χ3v) is 6.75. The Hall–Kier alpha value is -4.10. The van der Waals surface area contributed by atoms with Gasteiger partial charge in [-0.25, -0.2) is 13.9 Å². The van der Waals surface area contributed by atoms with Gasteiger partial charge in [-0.05, 0) is 52.5 Å². The van der Waals surface area contributed by atoms with Crippen molar-refractivity contribution >= 4 is 17.8 Å². The van der Waals surface area contributed by atoms with Gasteiger partial charge in [-0.3, -0.25) is 9.48 Å². The molecule has 1 aromatic carbocycles. The number of nitrogens with two attached hydrogens (primary N) is 2. The monoisotopic (exact) mass is 579 g/mol. The summed E-state index contributed by atoms with van der Waals surface area (Å²) < 4.78 is 62.2. The van der Waals surface area contributed by atoms with Gasteiger partial charge in [0.05, 0.1) is 24.3 Å². The van der Waals surface area contributed by atoms with Crippen LogP contribution in [0.15, 0.2) is 30.6 Å². The van der Waals surface area contributed by atoms with Crippen LogP contribution >= 0.6 is 0 Å². The molecule has 0 unspecified atom stereocenters. The summed E-state index contributed by atoms with van der Waals surface area (Å²) in [5, 5.41) is 8.72. The smallest absolute Gasteiger partial charge is 0.419 e. The lowest BCUT2D eigenvalue weighted by atomic mass is 10.0. The number of nitrogens with zero attached hydrogens (tertiary/aromatic N) is 5. The maximum Gasteiger partial charge on any atom is 0.419 e. The van der Waals surface area contributed by atoms with E-state index in [-0.39, 0.29) is 41.3 Å². The number of ether oxygens (including phenoxy) is 1. The van der Waals surface area contributed by atoms with E-state index < -0.39 is 29.1 Å². The van der Waals surface area contributed by atoms with Crippen molar-refractivity contribution in [3.05, 3.63) is 53.1 Å². The topological polar surface area (TPSA) is 134 Å². The Morgan fingerprint density at radius 3 is 2.37 bits per heavy atom. The highest BCUT2D eigenvalue weighted by Gasteiger charge is 2.35. The molecule has 3 aromatic rings. The van der Waals surface area contributed by atoms with E-state index in [1.807, 2.05) is 20.8 Å². The second-order valence-corrected chi connectivity index (χ2v) is 11.0. The van der Waals surface area contributed by atoms with E-state index in [9.17, 15) is 27.2 Å². The third-order valence-electron chi connectivity index (χ3n) is 6.75. The lowest BCUT2D eigenvalue weighted by Crippen LogP contribution is -2.39. The summed E-state index contributed by atoms with van der Waals surface area (Å²) in [4.78, 5) is 26.6. The second-order valence-electron chi connectivity index (χ2n) is 11.0. The molecule has 3 heterocycles. The second kappa shape index (κ2) is 11.4. The maximum atomic E-state index is 14.5. The highest BCUT2D eigenvalue weighted by Crippen LogP contribution is 2.34. The van der Waals surface area contributed by atoms with Crippen molar-refractivity contribution in [3.63, 3.8) is 0 Å². The third kappa shape index (κ3) is 6.80. The summed E-state index contributed by atoms with van der Waals surface area (Å²) in [6.45, 7) is 6.13. The molecule has 2 aromatic heterocycles. The van der Waals surface area contributed by atoms with Crippen molar-refractivity contribution in [1.29, 1.82) is 0 Å². The molecule has 0 atom stereocenters. The van der Waals surface area contributed by atoms with Crippen LogP contribution in [-0.2, 0) is 17.5 Å². The summed E-state index contributed by atoms with van der Waals surface area (Å²) in [6.07, 6.45) is 0.135. The molecule has 2 amide bonds. The van der Waals surface area contributed by atoms with Crippen LogP contribution < -0.4 is 11.5 Å². The molecule has 0 spiro atoms. The Morgan fingerprint density at radius 1 is 1.12 bits per heavy atom. The van der Waals surface area contributed by atoms with Crippen LogP contribution in [0.4, 0.5) is 28.2 Å². The van der Waals surface area contributed by atoms with E-state index >= 15 is 0 Å². The van der Waals surface area contributed by atoms with Crippen molar-refractivity contribution in [1.82, 2.24) is 24.5 Å². The molecular formula is C27H33F4N7O3. The number of hydrogen-bond acceptors (Lipinski definition) is 6. The number of likely N-dealkylation sites (tertiary alicyclic amines) is 1. The van der Waals surface area contributed by atoms with E-state index in [0.29, 0.717) is 50.4 Å². The standard InChI is InChI=1S/C27H33F4N7O3/c1-26(2,3)41-25(40)36-11-5-8-18(9-6-12-36)38-23(32)20(24(33)39)22(35-38)17-13-34-37(15-17)14-16-7-4-10-19(21(16)28)27(29,30)31/h4,7,10,13,15,18H,5-6,8-9,11-12,14,32H2,1-3H3,(H2,33,39). The fraction of sp³-hybridized carbons (Fsp3) is 0.481. The van der Waals surface area contributed by atoms with Crippen molar-refractivity contribution in [2.45, 2.75) is 70.8 Å². The highest BCUT2D eigenvalue weighted by atomic mass is 19.4. The Labute approximate surface area is 234 Å². The molecule has 0 saturated carbocycles. The molecule has 14 heteroatoms. The van der Waals surface area contributed by atoms with Crippen LogP contribution in [0.3, 0.4) is 0 Å². The first-order valence-corrected chi connectivity index (χ1v) is 13.2. The van der Waals surface area contributed by atoms with Crippen molar-refractivity contribution in [2.75, 3.05) is 18.8 Å². The molecule has 41 heavy (non-hydrogen) atoms. The number of aromatic nitrogens is 4. The van der Waals surface area contributed by atoms with Crippen molar-refractivity contribution in [3.8, 4) is 11.3 Å². The van der Waals surface area contributed by atoms with Crippen LogP contribution in [0.2, 0.25) is 0 Å². The minimum absolute atomic E-state index is 0.00718. The van der Waals surface area contributed by atoms with E-state index in [1.54, 1.807) is 9.58 Å². The highest BCUT2D eigenvalue weighted by molar-refractivity contribution is 6.03. The van der Waals surface area contributed by atoms with Crippen LogP contribution in [0.5, 0.6) is 0 Å². The van der Waals surface area contributed by atoms with E-state index in [0.717, 1.165) is 6.07 Å². The van der Waals surface area contributed by atoms with Crippen LogP contribution in [0.25, 0.3) is 11.3 Å². The molecule has 0 radical (unpaired) electrons. The van der Waals surface area contributed by atoms with Crippen molar-refractivity contribution in [2.24, 2.45) is 5.73 Å². The number of alkyl halides is 3. The predicted molar refractivity (Wildman–Crippen MR) is 142 cm³/mol. The molecule has 4 N–H and O–H groups in total. The molecule has 4 rings (SSSR count). The molecule has 1 saturated heterocycles. The zero-order valence-corrected chi connectivity index (χ0v) is 23.0. The number of nitrogen functional groups attached to an aromatic ring is 1. The lowest BCUT2D eigenvalue weighted by molar-refractivity contribution is -0.140. The van der Waals surface area contributed by atoms with Gasteiger partial charge in [-0.15, -0.1) is 0 Å². The Morgan fingerprint density at radius 2 is 1.78 bits per heavy atom. The minimum Gasteiger partial charge on any atom is -0.444 e. The molecule has 222 valence electrons. The Kier molecular flexibility index (Phi) is 8.31. The lowest BCUT2D eigenvalue weighted by Gasteiger charge is -2.30. The Bertz CT molecular complexity index is 1420. The van der Waals surface area contributed by atoms with Gasteiger partial charge in [0.25, 0.3) is 5.91 Å². The summed E-state index contributed by atoms with van der Waals surface area (Å²) in [6, 6.07) is 2.87. The van der Waals surface area contributed by atoms with Crippen LogP contribution in [0, 0.1) is 5.82 Å². The number of halogens is 4. The number of benzene rings is 1. The molecule has 10 nitrogen and oxygen atoms in total. The molecular weight excluding hydrogens is 546 g/mol. The summed E-state index contributed by atoms with van der Waals surface area (Å²) in [7, 11) is 0. The Balaban J connectivity index is 1.54. The summed E-state index contributed by atoms with van der Waals surface area (Å²) >= 11 is 0. The van der Waals surface area contributed by atoms with Crippen LogP contribution in [0.1, 0.15) is 74.0 Å². The van der Waals surface area contributed by atoms with Gasteiger partial charge in [0.15, 0.2) is 0 Å². The van der Waals surface area contributed by atoms with Gasteiger partial charge in [-0.1, -0.05) is 12.1 Å². The number of carbonyl (C=O) groups is 2. The van der Waals surface area contributed by atoms with Gasteiger partial charge < -0.3 is 21.1 Å². The molecule has 1 aliphatic heterocycles. The average Bonchev–Trinajstić information content (AvgIpc) is 3.42. The molecule has 0 bridgehead atoms. The maximum absolute atomic E-state index is 14.5. The number of carbonyl (C=O) groups excluding carboxylic acids is 2. The van der Waals surface area contributed by atoms with Gasteiger partial charge in [0.2, 0.25) is 0 Å². The average molecular weight is 580 g/mol. The number of anilines is 1. The summed E-state index contributed by atoms with van der Waals surface area (Å²) in [5.74, 6) is -2.10. The van der Waals surface area contributed by atoms with Gasteiger partial charge >= 0.3 is 12.3 Å². The van der Waals surface area contributed by atoms with Crippen LogP contribution in [-0.4, -0.2) is 55.2 Å². The SMILES string of the molecule is CC(C)(C)OC(=O)N1CCCC(n2nc(-c3cnn(Cc4cccc(C(F)(F)F)c4F)c3)c(C(N)=O)c2N)CCC1. The predicted octanol–water partition coefficient (Wildman–Crippen LogP) is 4.99. The van der Waals surface area contributed by atoms with E-state index in [1.165, 1.54) is 23.1 Å². The number of rotatable bonds is 5. The molecule has 1 aliphatic rings. The zero-order chi connectivity index (χ0) is 30.1. The first kappa shape index (κ1) is 29.9. The zero-order valence-electron chi connectivity index (χ0n) is 23.0. The van der Waals surface area contributed by atoms with Gasteiger partial charge in [0.1, 0.15) is 28.5 Å². The summed E-state index contributed by atoms with van der Waals surface area (Å²) in [5.41, 5.74) is 10.3. The van der Waals surface area contributed by atoms with Gasteiger partial charge in [0, 0.05) is 30.4 Å². The largest absolute Gasteiger partial charge is 0.444 e. The first-order valence-electron chi connectivity index (χ1n) is 13.2. The minimum atomic E-state index is -4.83. The first-order chi connectivity index (χ1) is 19.2.